The van der Waals surface area contributed by atoms with Gasteiger partial charge in [0.25, 0.3) is 0 Å². The third kappa shape index (κ3) is 6.07. The van der Waals surface area contributed by atoms with Crippen molar-refractivity contribution in [3.63, 3.8) is 0 Å². The van der Waals surface area contributed by atoms with Crippen molar-refractivity contribution in [3.8, 4) is 0 Å². The topological polar surface area (TPSA) is 49.7 Å². The molecule has 0 heterocycles. The van der Waals surface area contributed by atoms with Gasteiger partial charge in [-0.05, 0) is 6.32 Å². The zero-order chi connectivity index (χ0) is 7.82. The standard InChI is InChI=1S/C6H15BO3/c1-2-3-4-7(9)10-6-5-8/h8-9H,2-6H2,1H3. The number of hydrogen-bond donors (Lipinski definition) is 2. The van der Waals surface area contributed by atoms with Crippen LogP contribution in [0.1, 0.15) is 19.8 Å². The Kier molecular flexibility index (Phi) is 7.02. The molecule has 0 saturated carbocycles. The minimum Gasteiger partial charge on any atom is -0.427 e. The molecule has 10 heavy (non-hydrogen) atoms. The van der Waals surface area contributed by atoms with Gasteiger partial charge in [0.2, 0.25) is 0 Å². The molecule has 0 amide bonds. The summed E-state index contributed by atoms with van der Waals surface area (Å²) in [5.41, 5.74) is 0. The predicted molar refractivity (Wildman–Crippen MR) is 40.7 cm³/mol. The lowest BCUT2D eigenvalue weighted by molar-refractivity contribution is 0.178. The largest absolute Gasteiger partial charge is 0.454 e. The molecule has 0 atom stereocenters. The third-order valence-corrected chi connectivity index (χ3v) is 1.21. The van der Waals surface area contributed by atoms with E-state index < -0.39 is 7.12 Å². The summed E-state index contributed by atoms with van der Waals surface area (Å²) in [5, 5.41) is 17.3. The molecule has 0 aromatic rings. The van der Waals surface area contributed by atoms with Crippen LogP contribution in [0.25, 0.3) is 0 Å². The van der Waals surface area contributed by atoms with E-state index in [0.29, 0.717) is 6.32 Å². The molecule has 2 N–H and O–H groups in total. The summed E-state index contributed by atoms with van der Waals surface area (Å²) in [6.45, 7) is 2.26. The summed E-state index contributed by atoms with van der Waals surface area (Å²) in [7, 11) is -0.688. The summed E-state index contributed by atoms with van der Waals surface area (Å²) in [4.78, 5) is 0. The van der Waals surface area contributed by atoms with Crippen LogP contribution in [-0.4, -0.2) is 30.5 Å². The fourth-order valence-electron chi connectivity index (χ4n) is 0.651. The van der Waals surface area contributed by atoms with E-state index in [1.165, 1.54) is 0 Å². The molecule has 4 heteroatoms. The van der Waals surface area contributed by atoms with Crippen LogP contribution in [0.2, 0.25) is 6.32 Å². The van der Waals surface area contributed by atoms with Crippen LogP contribution in [0, 0.1) is 0 Å². The highest BCUT2D eigenvalue weighted by atomic mass is 16.5. The fourth-order valence-corrected chi connectivity index (χ4v) is 0.651. The van der Waals surface area contributed by atoms with E-state index in [-0.39, 0.29) is 13.2 Å². The highest BCUT2D eigenvalue weighted by molar-refractivity contribution is 6.42. The van der Waals surface area contributed by atoms with Crippen molar-refractivity contribution in [1.29, 1.82) is 0 Å². The Morgan fingerprint density at radius 2 is 2.20 bits per heavy atom. The van der Waals surface area contributed by atoms with Crippen molar-refractivity contribution in [1.82, 2.24) is 0 Å². The van der Waals surface area contributed by atoms with Gasteiger partial charge in [-0.15, -0.1) is 0 Å². The smallest absolute Gasteiger partial charge is 0.427 e. The van der Waals surface area contributed by atoms with E-state index in [4.69, 9.17) is 14.8 Å². The highest BCUT2D eigenvalue weighted by Crippen LogP contribution is 1.98. The van der Waals surface area contributed by atoms with E-state index in [1.807, 2.05) is 0 Å². The minimum atomic E-state index is -0.688. The molecule has 0 rings (SSSR count). The predicted octanol–water partition coefficient (Wildman–Crippen LogP) is 0.276. The van der Waals surface area contributed by atoms with Crippen molar-refractivity contribution in [2.24, 2.45) is 0 Å². The van der Waals surface area contributed by atoms with Crippen molar-refractivity contribution in [2.45, 2.75) is 26.1 Å². The maximum absolute atomic E-state index is 8.98. The summed E-state index contributed by atoms with van der Waals surface area (Å²) in [6.07, 6.45) is 2.68. The minimum absolute atomic E-state index is 0.0246. The van der Waals surface area contributed by atoms with Crippen molar-refractivity contribution >= 4 is 7.12 Å². The fraction of sp³-hybridized carbons (Fsp3) is 1.00. The van der Waals surface area contributed by atoms with Gasteiger partial charge in [-0.1, -0.05) is 19.8 Å². The second-order valence-electron chi connectivity index (χ2n) is 2.19. The average Bonchev–Trinajstić information content (AvgIpc) is 1.97. The second-order valence-corrected chi connectivity index (χ2v) is 2.19. The van der Waals surface area contributed by atoms with Crippen LogP contribution in [0.5, 0.6) is 0 Å². The first-order chi connectivity index (χ1) is 4.81. The maximum atomic E-state index is 8.98. The molecule has 0 fully saturated rings. The molecule has 0 aromatic carbocycles. The van der Waals surface area contributed by atoms with E-state index >= 15 is 0 Å². The summed E-state index contributed by atoms with van der Waals surface area (Å²) in [6, 6.07) is 0. The van der Waals surface area contributed by atoms with E-state index in [0.717, 1.165) is 12.8 Å². The highest BCUT2D eigenvalue weighted by Gasteiger charge is 2.09. The normalized spacial score (nSPS) is 9.90. The molecule has 0 aliphatic heterocycles. The molecular weight excluding hydrogens is 131 g/mol. The van der Waals surface area contributed by atoms with E-state index in [2.05, 4.69) is 6.92 Å². The van der Waals surface area contributed by atoms with Gasteiger partial charge < -0.3 is 14.8 Å². The Hall–Kier alpha value is -0.0551. The van der Waals surface area contributed by atoms with Crippen LogP contribution >= 0.6 is 0 Å². The maximum Gasteiger partial charge on any atom is 0.454 e. The zero-order valence-corrected chi connectivity index (χ0v) is 6.42. The molecule has 0 aromatic heterocycles. The number of rotatable bonds is 6. The molecule has 0 spiro atoms. The van der Waals surface area contributed by atoms with Gasteiger partial charge in [0, 0.05) is 0 Å². The number of aliphatic hydroxyl groups is 1. The van der Waals surface area contributed by atoms with Gasteiger partial charge in [0.1, 0.15) is 0 Å². The molecule has 0 aliphatic carbocycles. The quantitative estimate of drug-likeness (QED) is 0.529. The zero-order valence-electron chi connectivity index (χ0n) is 6.42. The summed E-state index contributed by atoms with van der Waals surface area (Å²) < 4.78 is 4.80. The lowest BCUT2D eigenvalue weighted by Gasteiger charge is -2.04. The SMILES string of the molecule is CCCCB(O)OCCO. The lowest BCUT2D eigenvalue weighted by atomic mass is 9.83. The summed E-state index contributed by atoms with van der Waals surface area (Å²) >= 11 is 0. The molecule has 0 radical (unpaired) electrons. The van der Waals surface area contributed by atoms with Gasteiger partial charge in [-0.2, -0.15) is 0 Å². The first-order valence-electron chi connectivity index (χ1n) is 3.71. The molecule has 60 valence electrons. The number of hydrogen-bond acceptors (Lipinski definition) is 3. The molecule has 3 nitrogen and oxygen atoms in total. The molecule has 0 aliphatic rings. The molecule has 0 bridgehead atoms. The van der Waals surface area contributed by atoms with Crippen LogP contribution in [0.3, 0.4) is 0 Å². The number of unbranched alkanes of at least 4 members (excludes halogenated alkanes) is 1. The van der Waals surface area contributed by atoms with Crippen molar-refractivity contribution in [2.75, 3.05) is 13.2 Å². The molecule has 0 unspecified atom stereocenters. The molecular formula is C6H15BO3. The van der Waals surface area contributed by atoms with Crippen molar-refractivity contribution in [3.05, 3.63) is 0 Å². The van der Waals surface area contributed by atoms with E-state index in [9.17, 15) is 0 Å². The second kappa shape index (κ2) is 7.06. The lowest BCUT2D eigenvalue weighted by Crippen LogP contribution is -2.19. The van der Waals surface area contributed by atoms with Gasteiger partial charge in [-0.25, -0.2) is 0 Å². The van der Waals surface area contributed by atoms with Crippen LogP contribution in [0.15, 0.2) is 0 Å². The third-order valence-electron chi connectivity index (χ3n) is 1.21. The first kappa shape index (κ1) is 9.94. The van der Waals surface area contributed by atoms with E-state index in [1.54, 1.807) is 0 Å². The Labute approximate surface area is 62.2 Å². The van der Waals surface area contributed by atoms with Crippen LogP contribution < -0.4 is 0 Å². The van der Waals surface area contributed by atoms with Crippen molar-refractivity contribution < 1.29 is 14.8 Å². The average molecular weight is 146 g/mol. The van der Waals surface area contributed by atoms with Crippen LogP contribution in [-0.2, 0) is 4.65 Å². The van der Waals surface area contributed by atoms with Crippen LogP contribution in [0.4, 0.5) is 0 Å². The van der Waals surface area contributed by atoms with Gasteiger partial charge in [0.15, 0.2) is 0 Å². The van der Waals surface area contributed by atoms with Gasteiger partial charge in [0.05, 0.1) is 13.2 Å². The Morgan fingerprint density at radius 3 is 2.70 bits per heavy atom. The monoisotopic (exact) mass is 146 g/mol. The van der Waals surface area contributed by atoms with Gasteiger partial charge >= 0.3 is 7.12 Å². The number of aliphatic hydroxyl groups excluding tert-OH is 1. The first-order valence-corrected chi connectivity index (χ1v) is 3.71. The summed E-state index contributed by atoms with van der Waals surface area (Å²) in [5.74, 6) is 0. The Morgan fingerprint density at radius 1 is 1.50 bits per heavy atom. The Balaban J connectivity index is 3.00. The molecule has 0 saturated heterocycles. The van der Waals surface area contributed by atoms with Gasteiger partial charge in [-0.3, -0.25) is 0 Å². The Bertz CT molecular complexity index is 62.0.